The number of nitrogens with zero attached hydrogens (tertiary/aromatic N) is 3. The molecule has 170 valence electrons. The molecular formula is C18H25ClF3N3O4S. The molecule has 1 fully saturated rings. The van der Waals surface area contributed by atoms with Gasteiger partial charge in [-0.3, -0.25) is 0 Å². The molecule has 1 aromatic rings. The van der Waals surface area contributed by atoms with Crippen LogP contribution in [0.5, 0.6) is 0 Å². The van der Waals surface area contributed by atoms with Gasteiger partial charge in [0.2, 0.25) is 0 Å². The Bertz CT molecular complexity index is 780. The van der Waals surface area contributed by atoms with E-state index in [1.165, 1.54) is 4.90 Å². The molecule has 0 bridgehead atoms. The van der Waals surface area contributed by atoms with Crippen LogP contribution in [0.1, 0.15) is 50.0 Å². The van der Waals surface area contributed by atoms with Gasteiger partial charge in [-0.25, -0.2) is 14.6 Å². The summed E-state index contributed by atoms with van der Waals surface area (Å²) in [6, 6.07) is -0.873. The molecule has 0 N–H and O–H groups in total. The second-order valence-corrected chi connectivity index (χ2v) is 9.34. The van der Waals surface area contributed by atoms with Gasteiger partial charge in [-0.2, -0.15) is 13.2 Å². The molecule has 1 amide bonds. The Morgan fingerprint density at radius 3 is 2.40 bits per heavy atom. The standard InChI is InChI=1S/C18H25ClF3N3O4S/c1-10(2)11-8-24(16(27)29-17(3,4)5)6-7-25(11)15-23-13(18(20,21)22)12(30-15)14(26)28-9-19/h10-11H,6-9H2,1-5H3. The van der Waals surface area contributed by atoms with Gasteiger partial charge in [0.05, 0.1) is 6.04 Å². The van der Waals surface area contributed by atoms with E-state index >= 15 is 0 Å². The SMILES string of the molecule is CC(C)C1CN(C(=O)OC(C)(C)C)CCN1c1nc(C(F)(F)F)c(C(=O)OCCl)s1. The van der Waals surface area contributed by atoms with E-state index in [1.54, 1.807) is 25.7 Å². The quantitative estimate of drug-likeness (QED) is 0.472. The van der Waals surface area contributed by atoms with Crippen molar-refractivity contribution in [3.8, 4) is 0 Å². The molecular weight excluding hydrogens is 447 g/mol. The summed E-state index contributed by atoms with van der Waals surface area (Å²) >= 11 is 5.93. The van der Waals surface area contributed by atoms with E-state index in [0.717, 1.165) is 0 Å². The van der Waals surface area contributed by atoms with Gasteiger partial charge in [-0.1, -0.05) is 36.8 Å². The largest absolute Gasteiger partial charge is 0.445 e. The minimum absolute atomic E-state index is 0.00767. The fourth-order valence-corrected chi connectivity index (χ4v) is 4.15. The van der Waals surface area contributed by atoms with E-state index in [9.17, 15) is 22.8 Å². The summed E-state index contributed by atoms with van der Waals surface area (Å²) in [6.07, 6.45) is -5.30. The Hall–Kier alpha value is -1.75. The zero-order valence-corrected chi connectivity index (χ0v) is 19.0. The van der Waals surface area contributed by atoms with Crippen LogP contribution in [0, 0.1) is 5.92 Å². The molecule has 1 atom stereocenters. The highest BCUT2D eigenvalue weighted by Gasteiger charge is 2.42. The molecule has 2 rings (SSSR count). The molecule has 2 heterocycles. The highest BCUT2D eigenvalue weighted by Crippen LogP contribution is 2.39. The molecule has 1 aliphatic rings. The van der Waals surface area contributed by atoms with Gasteiger partial charge in [0.1, 0.15) is 10.5 Å². The second kappa shape index (κ2) is 9.17. The third-order valence-electron chi connectivity index (χ3n) is 4.34. The molecule has 30 heavy (non-hydrogen) atoms. The first-order valence-electron chi connectivity index (χ1n) is 9.30. The second-order valence-electron chi connectivity index (χ2n) is 8.14. The molecule has 0 radical (unpaired) electrons. The molecule has 1 unspecified atom stereocenters. The number of aromatic nitrogens is 1. The van der Waals surface area contributed by atoms with E-state index in [2.05, 4.69) is 9.72 Å². The number of esters is 1. The molecule has 0 aliphatic carbocycles. The number of halogens is 4. The lowest BCUT2D eigenvalue weighted by atomic mass is 10.0. The lowest BCUT2D eigenvalue weighted by Crippen LogP contribution is -2.57. The summed E-state index contributed by atoms with van der Waals surface area (Å²) in [7, 11) is 0. The smallest absolute Gasteiger partial charge is 0.435 e. The zero-order valence-electron chi connectivity index (χ0n) is 17.4. The predicted octanol–water partition coefficient (Wildman–Crippen LogP) is 4.60. The summed E-state index contributed by atoms with van der Waals surface area (Å²) in [6.45, 7) is 9.84. The number of hydrogen-bond acceptors (Lipinski definition) is 7. The maximum Gasteiger partial charge on any atom is 0.435 e. The number of hydrogen-bond donors (Lipinski definition) is 0. The summed E-state index contributed by atoms with van der Waals surface area (Å²) in [5.74, 6) is -1.18. The molecule has 0 aromatic carbocycles. The van der Waals surface area contributed by atoms with E-state index in [0.29, 0.717) is 11.3 Å². The molecule has 1 aliphatic heterocycles. The first kappa shape index (κ1) is 24.5. The topological polar surface area (TPSA) is 72.0 Å². The van der Waals surface area contributed by atoms with E-state index in [-0.39, 0.29) is 36.7 Å². The third-order valence-corrected chi connectivity index (χ3v) is 5.52. The number of carbonyl (C=O) groups is 2. The number of carbonyl (C=O) groups excluding carboxylic acids is 2. The van der Waals surface area contributed by atoms with Crippen molar-refractivity contribution in [2.75, 3.05) is 30.6 Å². The van der Waals surface area contributed by atoms with E-state index in [4.69, 9.17) is 16.3 Å². The summed E-state index contributed by atoms with van der Waals surface area (Å²) in [4.78, 5) is 30.7. The summed E-state index contributed by atoms with van der Waals surface area (Å²) in [5, 5.41) is 0.0476. The van der Waals surface area contributed by atoms with Crippen molar-refractivity contribution in [2.24, 2.45) is 5.92 Å². The Balaban J connectivity index is 2.32. The minimum atomic E-state index is -4.82. The Kier molecular flexibility index (Phi) is 7.49. The van der Waals surface area contributed by atoms with Crippen LogP contribution in [-0.4, -0.2) is 59.3 Å². The zero-order chi connectivity index (χ0) is 22.9. The lowest BCUT2D eigenvalue weighted by molar-refractivity contribution is -0.141. The Morgan fingerprint density at radius 2 is 1.90 bits per heavy atom. The Morgan fingerprint density at radius 1 is 1.27 bits per heavy atom. The first-order valence-corrected chi connectivity index (χ1v) is 10.7. The number of anilines is 1. The third kappa shape index (κ3) is 5.90. The van der Waals surface area contributed by atoms with Gasteiger partial charge in [-0.05, 0) is 26.7 Å². The van der Waals surface area contributed by atoms with Gasteiger partial charge < -0.3 is 19.3 Å². The van der Waals surface area contributed by atoms with Gasteiger partial charge >= 0.3 is 18.2 Å². The van der Waals surface area contributed by atoms with Crippen LogP contribution >= 0.6 is 22.9 Å². The molecule has 0 spiro atoms. The Labute approximate surface area is 182 Å². The fraction of sp³-hybridized carbons (Fsp3) is 0.722. The van der Waals surface area contributed by atoms with E-state index in [1.807, 2.05) is 13.8 Å². The molecule has 0 saturated carbocycles. The number of thiazole rings is 1. The van der Waals surface area contributed by atoms with Crippen molar-refractivity contribution >= 4 is 40.1 Å². The average molecular weight is 472 g/mol. The first-order chi connectivity index (χ1) is 13.7. The van der Waals surface area contributed by atoms with Crippen molar-refractivity contribution in [2.45, 2.75) is 52.4 Å². The molecule has 12 heteroatoms. The maximum atomic E-state index is 13.4. The normalized spacial score (nSPS) is 18.0. The van der Waals surface area contributed by atoms with E-state index < -0.39 is 40.5 Å². The number of rotatable bonds is 4. The highest BCUT2D eigenvalue weighted by molar-refractivity contribution is 7.17. The van der Waals surface area contributed by atoms with Crippen LogP contribution in [-0.2, 0) is 15.7 Å². The van der Waals surface area contributed by atoms with Crippen molar-refractivity contribution in [3.05, 3.63) is 10.6 Å². The van der Waals surface area contributed by atoms with Crippen LogP contribution in [0.15, 0.2) is 0 Å². The molecule has 1 saturated heterocycles. The van der Waals surface area contributed by atoms with Gasteiger partial charge in [0.25, 0.3) is 0 Å². The number of amides is 1. The van der Waals surface area contributed by atoms with Crippen molar-refractivity contribution < 1.29 is 32.2 Å². The van der Waals surface area contributed by atoms with Crippen LogP contribution in [0.3, 0.4) is 0 Å². The average Bonchev–Trinajstić information content (AvgIpc) is 3.05. The van der Waals surface area contributed by atoms with Crippen molar-refractivity contribution in [3.63, 3.8) is 0 Å². The number of ether oxygens (including phenoxy) is 2. The number of piperazine rings is 1. The van der Waals surface area contributed by atoms with Crippen molar-refractivity contribution in [1.82, 2.24) is 9.88 Å². The lowest BCUT2D eigenvalue weighted by Gasteiger charge is -2.43. The maximum absolute atomic E-state index is 13.4. The molecule has 1 aromatic heterocycles. The van der Waals surface area contributed by atoms with Gasteiger partial charge in [0, 0.05) is 19.6 Å². The monoisotopic (exact) mass is 471 g/mol. The summed E-state index contributed by atoms with van der Waals surface area (Å²) < 4.78 is 50.2. The summed E-state index contributed by atoms with van der Waals surface area (Å²) in [5.41, 5.74) is -1.95. The van der Waals surface area contributed by atoms with Crippen molar-refractivity contribution in [1.29, 1.82) is 0 Å². The van der Waals surface area contributed by atoms with Crippen LogP contribution in [0.2, 0.25) is 0 Å². The van der Waals surface area contributed by atoms with Gasteiger partial charge in [0.15, 0.2) is 16.9 Å². The minimum Gasteiger partial charge on any atom is -0.445 e. The molecule has 7 nitrogen and oxygen atoms in total. The van der Waals surface area contributed by atoms with Gasteiger partial charge in [-0.15, -0.1) is 0 Å². The van der Waals surface area contributed by atoms with Crippen LogP contribution in [0.25, 0.3) is 0 Å². The number of alkyl halides is 4. The fourth-order valence-electron chi connectivity index (χ4n) is 2.99. The predicted molar refractivity (Wildman–Crippen MR) is 107 cm³/mol. The highest BCUT2D eigenvalue weighted by atomic mass is 35.5. The van der Waals surface area contributed by atoms with Crippen LogP contribution < -0.4 is 4.90 Å². The van der Waals surface area contributed by atoms with Crippen LogP contribution in [0.4, 0.5) is 23.1 Å².